The third-order valence-electron chi connectivity index (χ3n) is 3.84. The van der Waals surface area contributed by atoms with Crippen molar-refractivity contribution in [2.45, 2.75) is 19.9 Å². The Kier molecular flexibility index (Phi) is 4.68. The lowest BCUT2D eigenvalue weighted by atomic mass is 10.1. The van der Waals surface area contributed by atoms with Gasteiger partial charge in [0.25, 0.3) is 0 Å². The van der Waals surface area contributed by atoms with Crippen molar-refractivity contribution >= 4 is 16.7 Å². The van der Waals surface area contributed by atoms with E-state index in [2.05, 4.69) is 41.4 Å². The maximum absolute atomic E-state index is 5.43. The molecule has 0 bridgehead atoms. The van der Waals surface area contributed by atoms with Gasteiger partial charge in [-0.05, 0) is 18.6 Å². The standard InChI is InChI=1S/C17H23N3O/c1-2-7-18-17-15(13-20-8-10-21-11-9-20)12-14-5-3-4-6-16(14)19-17/h3-6,12H,2,7-11,13H2,1H3,(H,18,19). The van der Waals surface area contributed by atoms with E-state index in [4.69, 9.17) is 9.72 Å². The van der Waals surface area contributed by atoms with Crippen LogP contribution < -0.4 is 5.32 Å². The van der Waals surface area contributed by atoms with E-state index in [0.717, 1.165) is 57.1 Å². The Labute approximate surface area is 126 Å². The first kappa shape index (κ1) is 14.3. The molecule has 4 heteroatoms. The molecule has 1 aliphatic rings. The first-order chi connectivity index (χ1) is 10.4. The molecule has 1 aromatic carbocycles. The molecule has 0 amide bonds. The molecule has 0 saturated carbocycles. The molecular formula is C17H23N3O. The number of benzene rings is 1. The third kappa shape index (κ3) is 3.52. The molecule has 1 fully saturated rings. The Morgan fingerprint density at radius 1 is 1.24 bits per heavy atom. The molecule has 112 valence electrons. The Morgan fingerprint density at radius 3 is 2.86 bits per heavy atom. The Hall–Kier alpha value is -1.65. The first-order valence-electron chi connectivity index (χ1n) is 7.79. The lowest BCUT2D eigenvalue weighted by molar-refractivity contribution is 0.0342. The molecule has 0 spiro atoms. The molecule has 0 atom stereocenters. The average Bonchev–Trinajstić information content (AvgIpc) is 2.54. The molecule has 1 aliphatic heterocycles. The summed E-state index contributed by atoms with van der Waals surface area (Å²) in [5.74, 6) is 1.03. The van der Waals surface area contributed by atoms with Gasteiger partial charge in [0.05, 0.1) is 18.7 Å². The fourth-order valence-electron chi connectivity index (χ4n) is 2.68. The SMILES string of the molecule is CCCNc1nc2ccccc2cc1CN1CCOCC1. The van der Waals surface area contributed by atoms with Crippen LogP contribution in [0, 0.1) is 0 Å². The summed E-state index contributed by atoms with van der Waals surface area (Å²) in [6.07, 6.45) is 1.10. The summed E-state index contributed by atoms with van der Waals surface area (Å²) in [7, 11) is 0. The Balaban J connectivity index is 1.88. The predicted molar refractivity (Wildman–Crippen MR) is 86.6 cm³/mol. The highest BCUT2D eigenvalue weighted by Crippen LogP contribution is 2.22. The van der Waals surface area contributed by atoms with Gasteiger partial charge in [0.15, 0.2) is 0 Å². The van der Waals surface area contributed by atoms with Crippen molar-refractivity contribution in [2.24, 2.45) is 0 Å². The topological polar surface area (TPSA) is 37.4 Å². The highest BCUT2D eigenvalue weighted by Gasteiger charge is 2.14. The van der Waals surface area contributed by atoms with Crippen LogP contribution in [0.1, 0.15) is 18.9 Å². The largest absolute Gasteiger partial charge is 0.379 e. The zero-order valence-corrected chi connectivity index (χ0v) is 12.6. The summed E-state index contributed by atoms with van der Waals surface area (Å²) >= 11 is 0. The number of hydrogen-bond donors (Lipinski definition) is 1. The third-order valence-corrected chi connectivity index (χ3v) is 3.84. The van der Waals surface area contributed by atoms with Gasteiger partial charge in [-0.15, -0.1) is 0 Å². The van der Waals surface area contributed by atoms with Crippen LogP contribution in [0.15, 0.2) is 30.3 Å². The molecule has 3 rings (SSSR count). The summed E-state index contributed by atoms with van der Waals surface area (Å²) in [6, 6.07) is 10.6. The molecule has 0 unspecified atom stereocenters. The van der Waals surface area contributed by atoms with Gasteiger partial charge in [-0.3, -0.25) is 4.90 Å². The monoisotopic (exact) mass is 285 g/mol. The molecule has 1 saturated heterocycles. The first-order valence-corrected chi connectivity index (χ1v) is 7.79. The van der Waals surface area contributed by atoms with Gasteiger partial charge >= 0.3 is 0 Å². The minimum atomic E-state index is 0.832. The van der Waals surface area contributed by atoms with Crippen LogP contribution in [0.3, 0.4) is 0 Å². The second-order valence-electron chi connectivity index (χ2n) is 5.50. The van der Waals surface area contributed by atoms with E-state index in [1.807, 2.05) is 6.07 Å². The van der Waals surface area contributed by atoms with E-state index in [1.165, 1.54) is 10.9 Å². The molecule has 2 aromatic rings. The molecule has 0 radical (unpaired) electrons. The smallest absolute Gasteiger partial charge is 0.131 e. The lowest BCUT2D eigenvalue weighted by Crippen LogP contribution is -2.35. The van der Waals surface area contributed by atoms with Crippen LogP contribution in [0.4, 0.5) is 5.82 Å². The number of hydrogen-bond acceptors (Lipinski definition) is 4. The zero-order valence-electron chi connectivity index (χ0n) is 12.6. The summed E-state index contributed by atoms with van der Waals surface area (Å²) in [4.78, 5) is 7.25. The van der Waals surface area contributed by atoms with Gasteiger partial charge in [-0.1, -0.05) is 25.1 Å². The minimum Gasteiger partial charge on any atom is -0.379 e. The molecular weight excluding hydrogens is 262 g/mol. The normalized spacial score (nSPS) is 16.2. The maximum Gasteiger partial charge on any atom is 0.131 e. The van der Waals surface area contributed by atoms with Crippen LogP contribution in [-0.2, 0) is 11.3 Å². The molecule has 2 heterocycles. The number of para-hydroxylation sites is 1. The number of nitrogens with zero attached hydrogens (tertiary/aromatic N) is 2. The summed E-state index contributed by atoms with van der Waals surface area (Å²) < 4.78 is 5.43. The van der Waals surface area contributed by atoms with Gasteiger partial charge in [0.1, 0.15) is 5.82 Å². The lowest BCUT2D eigenvalue weighted by Gasteiger charge is -2.27. The van der Waals surface area contributed by atoms with Gasteiger partial charge < -0.3 is 10.1 Å². The number of ether oxygens (including phenoxy) is 1. The number of rotatable bonds is 5. The highest BCUT2D eigenvalue weighted by atomic mass is 16.5. The summed E-state index contributed by atoms with van der Waals surface area (Å²) in [6.45, 7) is 7.74. The fraction of sp³-hybridized carbons (Fsp3) is 0.471. The van der Waals surface area contributed by atoms with Crippen molar-refractivity contribution in [3.05, 3.63) is 35.9 Å². The van der Waals surface area contributed by atoms with Crippen molar-refractivity contribution in [3.63, 3.8) is 0 Å². The number of nitrogens with one attached hydrogen (secondary N) is 1. The Morgan fingerprint density at radius 2 is 2.05 bits per heavy atom. The van der Waals surface area contributed by atoms with Gasteiger partial charge in [-0.25, -0.2) is 4.98 Å². The van der Waals surface area contributed by atoms with E-state index in [9.17, 15) is 0 Å². The van der Waals surface area contributed by atoms with Crippen molar-refractivity contribution in [3.8, 4) is 0 Å². The minimum absolute atomic E-state index is 0.832. The number of anilines is 1. The summed E-state index contributed by atoms with van der Waals surface area (Å²) in [5.41, 5.74) is 2.34. The highest BCUT2D eigenvalue weighted by molar-refractivity contribution is 5.81. The quantitative estimate of drug-likeness (QED) is 0.916. The van der Waals surface area contributed by atoms with Crippen molar-refractivity contribution in [2.75, 3.05) is 38.2 Å². The number of pyridine rings is 1. The molecule has 0 aliphatic carbocycles. The van der Waals surface area contributed by atoms with E-state index in [0.29, 0.717) is 0 Å². The van der Waals surface area contributed by atoms with Crippen LogP contribution in [0.2, 0.25) is 0 Å². The van der Waals surface area contributed by atoms with Crippen molar-refractivity contribution in [1.82, 2.24) is 9.88 Å². The van der Waals surface area contributed by atoms with Crippen LogP contribution >= 0.6 is 0 Å². The van der Waals surface area contributed by atoms with Gasteiger partial charge in [-0.2, -0.15) is 0 Å². The second kappa shape index (κ2) is 6.87. The number of morpholine rings is 1. The maximum atomic E-state index is 5.43. The van der Waals surface area contributed by atoms with Crippen molar-refractivity contribution < 1.29 is 4.74 Å². The van der Waals surface area contributed by atoms with E-state index in [-0.39, 0.29) is 0 Å². The van der Waals surface area contributed by atoms with Gasteiger partial charge in [0, 0.05) is 37.1 Å². The molecule has 21 heavy (non-hydrogen) atoms. The van der Waals surface area contributed by atoms with Crippen molar-refractivity contribution in [1.29, 1.82) is 0 Å². The number of fused-ring (bicyclic) bond motifs is 1. The average molecular weight is 285 g/mol. The van der Waals surface area contributed by atoms with E-state index in [1.54, 1.807) is 0 Å². The Bertz CT molecular complexity index is 594. The molecule has 4 nitrogen and oxygen atoms in total. The van der Waals surface area contributed by atoms with Crippen LogP contribution in [0.25, 0.3) is 10.9 Å². The van der Waals surface area contributed by atoms with Crippen LogP contribution in [-0.4, -0.2) is 42.7 Å². The van der Waals surface area contributed by atoms with E-state index < -0.39 is 0 Å². The molecule has 1 aromatic heterocycles. The number of aromatic nitrogens is 1. The zero-order chi connectivity index (χ0) is 14.5. The molecule has 1 N–H and O–H groups in total. The second-order valence-corrected chi connectivity index (χ2v) is 5.50. The van der Waals surface area contributed by atoms with E-state index >= 15 is 0 Å². The fourth-order valence-corrected chi connectivity index (χ4v) is 2.68. The van der Waals surface area contributed by atoms with Crippen LogP contribution in [0.5, 0.6) is 0 Å². The predicted octanol–water partition coefficient (Wildman–Crippen LogP) is 2.89. The van der Waals surface area contributed by atoms with Gasteiger partial charge in [0.2, 0.25) is 0 Å². The summed E-state index contributed by atoms with van der Waals surface area (Å²) in [5, 5.41) is 4.69.